The van der Waals surface area contributed by atoms with E-state index in [4.69, 9.17) is 0 Å². The molecule has 0 aliphatic carbocycles. The molecule has 1 amide bonds. The third kappa shape index (κ3) is 3.22. The second-order valence-corrected chi connectivity index (χ2v) is 7.21. The van der Waals surface area contributed by atoms with Gasteiger partial charge in [0, 0.05) is 30.9 Å². The highest BCUT2D eigenvalue weighted by Crippen LogP contribution is 2.30. The molecule has 3 heteroatoms. The Kier molecular flexibility index (Phi) is 3.92. The Morgan fingerprint density at radius 2 is 2.05 bits per heavy atom. The van der Waals surface area contributed by atoms with Crippen molar-refractivity contribution in [2.24, 2.45) is 5.41 Å². The van der Waals surface area contributed by atoms with Gasteiger partial charge in [-0.25, -0.2) is 0 Å². The van der Waals surface area contributed by atoms with Crippen molar-refractivity contribution in [3.8, 4) is 0 Å². The maximum absolute atomic E-state index is 12.8. The van der Waals surface area contributed by atoms with Gasteiger partial charge in [-0.05, 0) is 61.3 Å². The summed E-state index contributed by atoms with van der Waals surface area (Å²) in [5, 5.41) is 3.40. The number of benzene rings is 1. The molecule has 3 nitrogen and oxygen atoms in total. The first kappa shape index (κ1) is 14.4. The second-order valence-electron chi connectivity index (χ2n) is 7.21. The molecule has 1 aromatic rings. The zero-order chi connectivity index (χ0) is 14.9. The highest BCUT2D eigenvalue weighted by molar-refractivity contribution is 5.95. The summed E-state index contributed by atoms with van der Waals surface area (Å²) >= 11 is 0. The molecular formula is C18H26N2O. The maximum Gasteiger partial charge on any atom is 0.253 e. The monoisotopic (exact) mass is 286 g/mol. The van der Waals surface area contributed by atoms with Crippen LogP contribution in [0.1, 0.15) is 55.5 Å². The number of nitrogens with zero attached hydrogens (tertiary/aromatic N) is 1. The van der Waals surface area contributed by atoms with Crippen molar-refractivity contribution in [3.63, 3.8) is 0 Å². The van der Waals surface area contributed by atoms with E-state index in [1.807, 2.05) is 11.0 Å². The minimum atomic E-state index is 0.209. The Morgan fingerprint density at radius 3 is 2.90 bits per heavy atom. The SMILES string of the molecule is CC1(C)CCCN(C(=O)c2ccc3c(c2)CCCN3)CC1. The fraction of sp³-hybridized carbons (Fsp3) is 0.611. The first-order valence-electron chi connectivity index (χ1n) is 8.21. The number of aryl methyl sites for hydroxylation is 1. The number of amides is 1. The van der Waals surface area contributed by atoms with Crippen molar-refractivity contribution >= 4 is 11.6 Å². The van der Waals surface area contributed by atoms with Gasteiger partial charge in [0.25, 0.3) is 5.91 Å². The van der Waals surface area contributed by atoms with Crippen molar-refractivity contribution in [1.29, 1.82) is 0 Å². The number of likely N-dealkylation sites (tertiary alicyclic amines) is 1. The summed E-state index contributed by atoms with van der Waals surface area (Å²) in [7, 11) is 0. The summed E-state index contributed by atoms with van der Waals surface area (Å²) < 4.78 is 0. The molecule has 2 aliphatic heterocycles. The molecule has 0 unspecified atom stereocenters. The minimum Gasteiger partial charge on any atom is -0.385 e. The first-order chi connectivity index (χ1) is 10.1. The van der Waals surface area contributed by atoms with Gasteiger partial charge < -0.3 is 10.2 Å². The Hall–Kier alpha value is -1.51. The summed E-state index contributed by atoms with van der Waals surface area (Å²) in [6.45, 7) is 7.46. The number of rotatable bonds is 1. The lowest BCUT2D eigenvalue weighted by molar-refractivity contribution is 0.0757. The molecule has 2 heterocycles. The van der Waals surface area contributed by atoms with Crippen LogP contribution in [0.4, 0.5) is 5.69 Å². The van der Waals surface area contributed by atoms with Crippen molar-refractivity contribution in [3.05, 3.63) is 29.3 Å². The molecule has 0 aromatic heterocycles. The van der Waals surface area contributed by atoms with Gasteiger partial charge in [-0.2, -0.15) is 0 Å². The largest absolute Gasteiger partial charge is 0.385 e. The number of hydrogen-bond acceptors (Lipinski definition) is 2. The Labute approximate surface area is 127 Å². The van der Waals surface area contributed by atoms with E-state index >= 15 is 0 Å². The summed E-state index contributed by atoms with van der Waals surface area (Å²) in [5.74, 6) is 0.209. The van der Waals surface area contributed by atoms with Crippen molar-refractivity contribution in [1.82, 2.24) is 4.90 Å². The lowest BCUT2D eigenvalue weighted by Crippen LogP contribution is -2.32. The van der Waals surface area contributed by atoms with E-state index in [9.17, 15) is 4.79 Å². The molecule has 114 valence electrons. The van der Waals surface area contributed by atoms with Gasteiger partial charge in [-0.1, -0.05) is 13.8 Å². The topological polar surface area (TPSA) is 32.3 Å². The number of carbonyl (C=O) groups excluding carboxylic acids is 1. The Balaban J connectivity index is 1.75. The highest BCUT2D eigenvalue weighted by atomic mass is 16.2. The van der Waals surface area contributed by atoms with E-state index < -0.39 is 0 Å². The molecule has 1 fully saturated rings. The van der Waals surface area contributed by atoms with E-state index in [0.29, 0.717) is 5.41 Å². The zero-order valence-electron chi connectivity index (χ0n) is 13.2. The molecule has 0 atom stereocenters. The van der Waals surface area contributed by atoms with E-state index in [2.05, 4.69) is 31.3 Å². The number of fused-ring (bicyclic) bond motifs is 1. The van der Waals surface area contributed by atoms with Gasteiger partial charge >= 0.3 is 0 Å². The molecule has 21 heavy (non-hydrogen) atoms. The smallest absolute Gasteiger partial charge is 0.253 e. The van der Waals surface area contributed by atoms with Crippen LogP contribution in [0.5, 0.6) is 0 Å². The minimum absolute atomic E-state index is 0.209. The van der Waals surface area contributed by atoms with Gasteiger partial charge in [0.1, 0.15) is 0 Å². The quantitative estimate of drug-likeness (QED) is 0.854. The molecule has 0 saturated carbocycles. The van der Waals surface area contributed by atoms with Crippen molar-refractivity contribution in [2.75, 3.05) is 25.0 Å². The molecule has 0 radical (unpaired) electrons. The van der Waals surface area contributed by atoms with Crippen LogP contribution in [0.15, 0.2) is 18.2 Å². The number of carbonyl (C=O) groups is 1. The maximum atomic E-state index is 12.8. The van der Waals surface area contributed by atoms with Gasteiger partial charge in [-0.3, -0.25) is 4.79 Å². The standard InChI is InChI=1S/C18H26N2O/c1-18(2)8-4-11-20(12-9-18)17(21)15-6-7-16-14(13-15)5-3-10-19-16/h6-7,13,19H,3-5,8-12H2,1-2H3. The van der Waals surface area contributed by atoms with E-state index in [-0.39, 0.29) is 5.91 Å². The molecule has 0 bridgehead atoms. The first-order valence-corrected chi connectivity index (χ1v) is 8.21. The molecule has 2 aliphatic rings. The fourth-order valence-electron chi connectivity index (χ4n) is 3.42. The Bertz CT molecular complexity index is 536. The van der Waals surface area contributed by atoms with Gasteiger partial charge in [0.05, 0.1) is 0 Å². The predicted molar refractivity (Wildman–Crippen MR) is 86.8 cm³/mol. The molecule has 1 aromatic carbocycles. The van der Waals surface area contributed by atoms with Crippen LogP contribution >= 0.6 is 0 Å². The fourth-order valence-corrected chi connectivity index (χ4v) is 3.42. The summed E-state index contributed by atoms with van der Waals surface area (Å²) in [4.78, 5) is 14.8. The summed E-state index contributed by atoms with van der Waals surface area (Å²) in [5.41, 5.74) is 3.73. The van der Waals surface area contributed by atoms with Crippen LogP contribution in [-0.4, -0.2) is 30.4 Å². The van der Waals surface area contributed by atoms with Crippen LogP contribution in [0.2, 0.25) is 0 Å². The average Bonchev–Trinajstić information content (AvgIpc) is 2.67. The van der Waals surface area contributed by atoms with E-state index in [1.165, 1.54) is 17.7 Å². The normalized spacial score (nSPS) is 21.1. The molecule has 1 N–H and O–H groups in total. The number of nitrogens with one attached hydrogen (secondary N) is 1. The average molecular weight is 286 g/mol. The Morgan fingerprint density at radius 1 is 1.19 bits per heavy atom. The summed E-state index contributed by atoms with van der Waals surface area (Å²) in [6.07, 6.45) is 5.67. The zero-order valence-corrected chi connectivity index (χ0v) is 13.2. The molecule has 3 rings (SSSR count). The van der Waals surface area contributed by atoms with Gasteiger partial charge in [0.15, 0.2) is 0 Å². The van der Waals surface area contributed by atoms with E-state index in [0.717, 1.165) is 50.9 Å². The number of hydrogen-bond donors (Lipinski definition) is 1. The van der Waals surface area contributed by atoms with Crippen LogP contribution in [0.3, 0.4) is 0 Å². The highest BCUT2D eigenvalue weighted by Gasteiger charge is 2.26. The molecule has 1 saturated heterocycles. The van der Waals surface area contributed by atoms with Crippen LogP contribution in [-0.2, 0) is 6.42 Å². The van der Waals surface area contributed by atoms with Crippen LogP contribution < -0.4 is 5.32 Å². The van der Waals surface area contributed by atoms with Crippen molar-refractivity contribution < 1.29 is 4.79 Å². The molecule has 0 spiro atoms. The third-order valence-electron chi connectivity index (χ3n) is 4.92. The van der Waals surface area contributed by atoms with Gasteiger partial charge in [-0.15, -0.1) is 0 Å². The lowest BCUT2D eigenvalue weighted by Gasteiger charge is -2.24. The predicted octanol–water partition coefficient (Wildman–Crippen LogP) is 3.70. The van der Waals surface area contributed by atoms with Gasteiger partial charge in [0.2, 0.25) is 0 Å². The lowest BCUT2D eigenvalue weighted by atomic mass is 9.85. The molecular weight excluding hydrogens is 260 g/mol. The number of anilines is 1. The van der Waals surface area contributed by atoms with Crippen LogP contribution in [0.25, 0.3) is 0 Å². The third-order valence-corrected chi connectivity index (χ3v) is 4.92. The second kappa shape index (κ2) is 5.70. The van der Waals surface area contributed by atoms with Crippen LogP contribution in [0, 0.1) is 5.41 Å². The van der Waals surface area contributed by atoms with E-state index in [1.54, 1.807) is 0 Å². The summed E-state index contributed by atoms with van der Waals surface area (Å²) in [6, 6.07) is 6.15. The van der Waals surface area contributed by atoms with Crippen molar-refractivity contribution in [2.45, 2.75) is 46.0 Å².